The first-order valence-corrected chi connectivity index (χ1v) is 8.93. The van der Waals surface area contributed by atoms with Crippen molar-refractivity contribution >= 4 is 23.5 Å². The fourth-order valence-corrected chi connectivity index (χ4v) is 2.71. The lowest BCUT2D eigenvalue weighted by Gasteiger charge is -2.05. The van der Waals surface area contributed by atoms with Gasteiger partial charge in [-0.05, 0) is 48.4 Å². The summed E-state index contributed by atoms with van der Waals surface area (Å²) in [4.78, 5) is 28.4. The van der Waals surface area contributed by atoms with Crippen molar-refractivity contribution in [1.29, 1.82) is 0 Å². The summed E-state index contributed by atoms with van der Waals surface area (Å²) in [6.45, 7) is 2.64. The number of hydrogen-bond acceptors (Lipinski definition) is 3. The number of imidazole rings is 1. The second kappa shape index (κ2) is 8.90. The van der Waals surface area contributed by atoms with Gasteiger partial charge in [0.1, 0.15) is 5.82 Å². The molecule has 0 aliphatic carbocycles. The first kappa shape index (κ1) is 19.2. The van der Waals surface area contributed by atoms with Gasteiger partial charge in [-0.2, -0.15) is 0 Å². The first-order chi connectivity index (χ1) is 13.5. The molecule has 142 valence electrons. The number of aromatic nitrogens is 2. The number of allylic oxidation sites excluding steroid dienone is 1. The van der Waals surface area contributed by atoms with Crippen molar-refractivity contribution in [2.75, 3.05) is 5.32 Å². The minimum atomic E-state index is -0.348. The van der Waals surface area contributed by atoms with E-state index in [0.29, 0.717) is 18.1 Å². The molecule has 3 rings (SSSR count). The van der Waals surface area contributed by atoms with Crippen LogP contribution >= 0.6 is 0 Å². The van der Waals surface area contributed by atoms with Crippen molar-refractivity contribution in [2.45, 2.75) is 19.9 Å². The van der Waals surface area contributed by atoms with Crippen molar-refractivity contribution in [3.05, 3.63) is 89.8 Å². The SMILES string of the molecule is CCn1ccnc1C(=O)/C=C/c1ccc(CC(=O)Nc2ccc(F)cc2)cc1. The molecule has 0 bridgehead atoms. The molecule has 0 unspecified atom stereocenters. The van der Waals surface area contributed by atoms with Gasteiger partial charge in [-0.1, -0.05) is 30.3 Å². The molecule has 3 aromatic rings. The summed E-state index contributed by atoms with van der Waals surface area (Å²) in [5.74, 6) is -0.280. The number of nitrogens with zero attached hydrogens (tertiary/aromatic N) is 2. The van der Waals surface area contributed by atoms with Crippen LogP contribution in [0.4, 0.5) is 10.1 Å². The molecule has 0 aliphatic rings. The van der Waals surface area contributed by atoms with Gasteiger partial charge in [-0.25, -0.2) is 9.37 Å². The summed E-state index contributed by atoms with van der Waals surface area (Å²) >= 11 is 0. The van der Waals surface area contributed by atoms with Crippen molar-refractivity contribution in [2.24, 2.45) is 0 Å². The van der Waals surface area contributed by atoms with E-state index in [9.17, 15) is 14.0 Å². The van der Waals surface area contributed by atoms with Gasteiger partial charge in [0, 0.05) is 24.6 Å². The van der Waals surface area contributed by atoms with E-state index in [-0.39, 0.29) is 23.9 Å². The molecular formula is C22H20FN3O2. The fraction of sp³-hybridized carbons (Fsp3) is 0.136. The molecule has 0 saturated carbocycles. The van der Waals surface area contributed by atoms with Crippen LogP contribution in [0.15, 0.2) is 67.0 Å². The zero-order chi connectivity index (χ0) is 19.9. The molecule has 1 N–H and O–H groups in total. The number of ketones is 1. The molecular weight excluding hydrogens is 357 g/mol. The first-order valence-electron chi connectivity index (χ1n) is 8.93. The van der Waals surface area contributed by atoms with Crippen LogP contribution in [0, 0.1) is 5.82 Å². The highest BCUT2D eigenvalue weighted by molar-refractivity contribution is 6.04. The van der Waals surface area contributed by atoms with Crippen molar-refractivity contribution < 1.29 is 14.0 Å². The van der Waals surface area contributed by atoms with E-state index in [2.05, 4.69) is 10.3 Å². The third kappa shape index (κ3) is 5.01. The Morgan fingerprint density at radius 2 is 1.82 bits per heavy atom. The van der Waals surface area contributed by atoms with E-state index in [4.69, 9.17) is 0 Å². The van der Waals surface area contributed by atoms with Crippen molar-refractivity contribution in [1.82, 2.24) is 9.55 Å². The number of benzene rings is 2. The summed E-state index contributed by atoms with van der Waals surface area (Å²) in [5.41, 5.74) is 2.24. The van der Waals surface area contributed by atoms with Crippen molar-refractivity contribution in [3.8, 4) is 0 Å². The lowest BCUT2D eigenvalue weighted by molar-refractivity contribution is -0.115. The van der Waals surface area contributed by atoms with Crippen LogP contribution in [0.3, 0.4) is 0 Å². The highest BCUT2D eigenvalue weighted by Gasteiger charge is 2.08. The van der Waals surface area contributed by atoms with Crippen LogP contribution in [0.5, 0.6) is 0 Å². The lowest BCUT2D eigenvalue weighted by Crippen LogP contribution is -2.14. The third-order valence-electron chi connectivity index (χ3n) is 4.18. The number of carbonyl (C=O) groups is 2. The number of nitrogens with one attached hydrogen (secondary N) is 1. The van der Waals surface area contributed by atoms with Crippen LogP contribution in [0.2, 0.25) is 0 Å². The molecule has 0 aliphatic heterocycles. The number of rotatable bonds is 7. The Hall–Kier alpha value is -3.54. The van der Waals surface area contributed by atoms with E-state index >= 15 is 0 Å². The Bertz CT molecular complexity index is 989. The number of carbonyl (C=O) groups excluding carboxylic acids is 2. The third-order valence-corrected chi connectivity index (χ3v) is 4.18. The van der Waals surface area contributed by atoms with Gasteiger partial charge in [-0.15, -0.1) is 0 Å². The molecule has 0 spiro atoms. The molecule has 1 heterocycles. The van der Waals surface area contributed by atoms with Gasteiger partial charge in [0.2, 0.25) is 11.7 Å². The largest absolute Gasteiger partial charge is 0.329 e. The van der Waals surface area contributed by atoms with E-state index < -0.39 is 0 Å². The van der Waals surface area contributed by atoms with Gasteiger partial charge in [0.15, 0.2) is 5.82 Å². The van der Waals surface area contributed by atoms with Gasteiger partial charge < -0.3 is 9.88 Å². The minimum absolute atomic E-state index is 0.158. The summed E-state index contributed by atoms with van der Waals surface area (Å²) in [6, 6.07) is 13.0. The Morgan fingerprint density at radius 3 is 2.50 bits per heavy atom. The number of anilines is 1. The maximum absolute atomic E-state index is 12.9. The highest BCUT2D eigenvalue weighted by atomic mass is 19.1. The zero-order valence-corrected chi connectivity index (χ0v) is 15.4. The van der Waals surface area contributed by atoms with Crippen LogP contribution in [0.1, 0.15) is 28.7 Å². The quantitative estimate of drug-likeness (QED) is 0.498. The molecule has 0 atom stereocenters. The average molecular weight is 377 g/mol. The standard InChI is InChI=1S/C22H20FN3O2/c1-2-26-14-13-24-22(26)20(27)12-7-16-3-5-17(6-4-16)15-21(28)25-19-10-8-18(23)9-11-19/h3-14H,2,15H2,1H3,(H,25,28)/b12-7+. The second-order valence-electron chi connectivity index (χ2n) is 6.21. The average Bonchev–Trinajstić information content (AvgIpc) is 3.18. The number of aryl methyl sites for hydroxylation is 1. The van der Waals surface area contributed by atoms with E-state index in [1.54, 1.807) is 23.0 Å². The van der Waals surface area contributed by atoms with Gasteiger partial charge >= 0.3 is 0 Å². The van der Waals surface area contributed by atoms with Crippen LogP contribution < -0.4 is 5.32 Å². The zero-order valence-electron chi connectivity index (χ0n) is 15.4. The fourth-order valence-electron chi connectivity index (χ4n) is 2.71. The van der Waals surface area contributed by atoms with Gasteiger partial charge in [0.05, 0.1) is 6.42 Å². The molecule has 1 amide bonds. The highest BCUT2D eigenvalue weighted by Crippen LogP contribution is 2.11. The van der Waals surface area contributed by atoms with Gasteiger partial charge in [0.25, 0.3) is 0 Å². The Balaban J connectivity index is 1.57. The molecule has 1 aromatic heterocycles. The van der Waals surface area contributed by atoms with Crippen LogP contribution in [-0.2, 0) is 17.8 Å². The Morgan fingerprint density at radius 1 is 1.11 bits per heavy atom. The Kier molecular flexibility index (Phi) is 6.11. The van der Waals surface area contributed by atoms with Crippen LogP contribution in [-0.4, -0.2) is 21.2 Å². The predicted octanol–water partition coefficient (Wildman–Crippen LogP) is 4.12. The van der Waals surface area contributed by atoms with E-state index in [1.807, 2.05) is 31.2 Å². The molecule has 0 fully saturated rings. The number of hydrogen-bond donors (Lipinski definition) is 1. The number of amides is 1. The topological polar surface area (TPSA) is 64.0 Å². The summed E-state index contributed by atoms with van der Waals surface area (Å²) in [7, 11) is 0. The van der Waals surface area contributed by atoms with E-state index in [1.165, 1.54) is 30.3 Å². The van der Waals surface area contributed by atoms with Crippen LogP contribution in [0.25, 0.3) is 6.08 Å². The monoisotopic (exact) mass is 377 g/mol. The second-order valence-corrected chi connectivity index (χ2v) is 6.21. The molecule has 2 aromatic carbocycles. The maximum atomic E-state index is 12.9. The summed E-state index contributed by atoms with van der Waals surface area (Å²) in [6.07, 6.45) is 6.79. The molecule has 0 saturated heterocycles. The molecule has 6 heteroatoms. The summed E-state index contributed by atoms with van der Waals surface area (Å²) < 4.78 is 14.7. The minimum Gasteiger partial charge on any atom is -0.329 e. The smallest absolute Gasteiger partial charge is 0.228 e. The lowest BCUT2D eigenvalue weighted by atomic mass is 10.1. The summed E-state index contributed by atoms with van der Waals surface area (Å²) in [5, 5.41) is 2.73. The predicted molar refractivity (Wildman–Crippen MR) is 106 cm³/mol. The molecule has 28 heavy (non-hydrogen) atoms. The number of halogens is 1. The van der Waals surface area contributed by atoms with E-state index in [0.717, 1.165) is 11.1 Å². The normalized spacial score (nSPS) is 10.9. The Labute approximate surface area is 162 Å². The molecule has 0 radical (unpaired) electrons. The van der Waals surface area contributed by atoms with Gasteiger partial charge in [-0.3, -0.25) is 9.59 Å². The molecule has 5 nitrogen and oxygen atoms in total. The van der Waals surface area contributed by atoms with Crippen molar-refractivity contribution in [3.63, 3.8) is 0 Å². The maximum Gasteiger partial charge on any atom is 0.228 e.